The van der Waals surface area contributed by atoms with Gasteiger partial charge in [-0.15, -0.1) is 0 Å². The first-order valence-corrected chi connectivity index (χ1v) is 11.6. The molecule has 5 rings (SSSR count). The van der Waals surface area contributed by atoms with E-state index in [1.54, 1.807) is 12.4 Å². The minimum atomic E-state index is 0.205. The number of nitrogens with zero attached hydrogens (tertiary/aromatic N) is 5. The Labute approximate surface area is 193 Å². The fourth-order valence-electron chi connectivity index (χ4n) is 4.96. The van der Waals surface area contributed by atoms with Gasteiger partial charge in [-0.2, -0.15) is 0 Å². The molecular formula is C26H30N6O. The number of hydrogen-bond donors (Lipinski definition) is 2. The van der Waals surface area contributed by atoms with Crippen molar-refractivity contribution in [3.63, 3.8) is 0 Å². The first kappa shape index (κ1) is 21.6. The van der Waals surface area contributed by atoms with E-state index in [-0.39, 0.29) is 18.6 Å². The predicted molar refractivity (Wildman–Crippen MR) is 130 cm³/mol. The molecule has 3 aromatic heterocycles. The number of para-hydroxylation sites is 1. The van der Waals surface area contributed by atoms with Crippen LogP contribution in [-0.4, -0.2) is 42.7 Å². The second-order valence-corrected chi connectivity index (χ2v) is 8.82. The van der Waals surface area contributed by atoms with Crippen LogP contribution in [-0.2, 0) is 13.1 Å². The maximum Gasteiger partial charge on any atom is 0.219 e. The molecule has 1 aromatic carbocycles. The van der Waals surface area contributed by atoms with Crippen molar-refractivity contribution in [1.29, 1.82) is 0 Å². The highest BCUT2D eigenvalue weighted by Crippen LogP contribution is 2.35. The van der Waals surface area contributed by atoms with Crippen LogP contribution in [0.2, 0.25) is 0 Å². The Morgan fingerprint density at radius 1 is 1.12 bits per heavy atom. The van der Waals surface area contributed by atoms with Crippen LogP contribution >= 0.6 is 0 Å². The fourth-order valence-corrected chi connectivity index (χ4v) is 4.96. The molecule has 3 N–H and O–H groups in total. The van der Waals surface area contributed by atoms with Gasteiger partial charge in [-0.3, -0.25) is 9.88 Å². The largest absolute Gasteiger partial charge is 0.396 e. The van der Waals surface area contributed by atoms with Gasteiger partial charge >= 0.3 is 0 Å². The van der Waals surface area contributed by atoms with Gasteiger partial charge in [0, 0.05) is 60.4 Å². The molecule has 0 bridgehead atoms. The third-order valence-electron chi connectivity index (χ3n) is 6.49. The van der Waals surface area contributed by atoms with Crippen molar-refractivity contribution in [1.82, 2.24) is 24.4 Å². The topological polar surface area (TPSA) is 93.1 Å². The molecule has 170 valence electrons. The number of aromatic nitrogens is 4. The van der Waals surface area contributed by atoms with Crippen molar-refractivity contribution >= 4 is 16.9 Å². The number of likely N-dealkylation sites (tertiary alicyclic amines) is 1. The molecule has 1 aliphatic rings. The van der Waals surface area contributed by atoms with E-state index in [4.69, 9.17) is 10.7 Å². The standard InChI is InChI=1S/C26H30N6O/c1-18-12-19(20-14-28-26(27)29-15-20)13-23(30-18)25-8-4-9-32(25)17-21-16-31(10-5-11-33)24-7-3-2-6-22(21)24/h2-3,6-7,12-16,25,33H,4-5,8-11,17H2,1H3,(H2,27,28,29)/t25-/m1/s1. The van der Waals surface area contributed by atoms with Crippen LogP contribution < -0.4 is 5.73 Å². The van der Waals surface area contributed by atoms with Crippen molar-refractivity contribution in [3.8, 4) is 11.1 Å². The van der Waals surface area contributed by atoms with E-state index >= 15 is 0 Å². The lowest BCUT2D eigenvalue weighted by Gasteiger charge is -2.24. The molecule has 7 heteroatoms. The molecule has 0 spiro atoms. The van der Waals surface area contributed by atoms with Crippen molar-refractivity contribution in [2.24, 2.45) is 0 Å². The number of rotatable bonds is 7. The molecule has 7 nitrogen and oxygen atoms in total. The number of anilines is 1. The first-order valence-electron chi connectivity index (χ1n) is 11.6. The number of aliphatic hydroxyl groups excluding tert-OH is 1. The normalized spacial score (nSPS) is 16.6. The summed E-state index contributed by atoms with van der Waals surface area (Å²) in [6.07, 6.45) is 8.82. The summed E-state index contributed by atoms with van der Waals surface area (Å²) in [7, 11) is 0. The minimum absolute atomic E-state index is 0.205. The molecular weight excluding hydrogens is 412 g/mol. The quantitative estimate of drug-likeness (QED) is 0.448. The van der Waals surface area contributed by atoms with E-state index in [2.05, 4.69) is 62.0 Å². The lowest BCUT2D eigenvalue weighted by molar-refractivity contribution is 0.245. The summed E-state index contributed by atoms with van der Waals surface area (Å²) in [4.78, 5) is 15.8. The van der Waals surface area contributed by atoms with Crippen LogP contribution in [0.3, 0.4) is 0 Å². The third kappa shape index (κ3) is 4.47. The highest BCUT2D eigenvalue weighted by molar-refractivity contribution is 5.84. The SMILES string of the molecule is Cc1cc(-c2cnc(N)nc2)cc([C@H]2CCCN2Cc2cn(CCCO)c3ccccc23)n1. The van der Waals surface area contributed by atoms with Gasteiger partial charge in [-0.1, -0.05) is 18.2 Å². The van der Waals surface area contributed by atoms with Gasteiger partial charge in [-0.25, -0.2) is 9.97 Å². The van der Waals surface area contributed by atoms with Crippen LogP contribution in [0.4, 0.5) is 5.95 Å². The summed E-state index contributed by atoms with van der Waals surface area (Å²) >= 11 is 0. The number of nitrogens with two attached hydrogens (primary N) is 1. The maximum atomic E-state index is 9.30. The van der Waals surface area contributed by atoms with Crippen LogP contribution in [0, 0.1) is 6.92 Å². The van der Waals surface area contributed by atoms with Crippen LogP contribution in [0.5, 0.6) is 0 Å². The lowest BCUT2D eigenvalue weighted by atomic mass is 10.0. The van der Waals surface area contributed by atoms with Crippen molar-refractivity contribution in [2.75, 3.05) is 18.9 Å². The van der Waals surface area contributed by atoms with Gasteiger partial charge < -0.3 is 15.4 Å². The molecule has 0 amide bonds. The van der Waals surface area contributed by atoms with Gasteiger partial charge in [-0.05, 0) is 62.1 Å². The Bertz CT molecular complexity index is 1250. The molecule has 1 atom stereocenters. The van der Waals surface area contributed by atoms with Crippen LogP contribution in [0.1, 0.15) is 42.3 Å². The first-order chi connectivity index (χ1) is 16.1. The molecule has 1 fully saturated rings. The number of pyridine rings is 1. The van der Waals surface area contributed by atoms with Gasteiger partial charge in [0.25, 0.3) is 0 Å². The Kier molecular flexibility index (Phi) is 6.07. The van der Waals surface area contributed by atoms with Crippen LogP contribution in [0.15, 0.2) is 55.0 Å². The summed E-state index contributed by atoms with van der Waals surface area (Å²) in [6.45, 7) is 5.01. The van der Waals surface area contributed by atoms with Crippen LogP contribution in [0.25, 0.3) is 22.0 Å². The van der Waals surface area contributed by atoms with Gasteiger partial charge in [0.2, 0.25) is 5.95 Å². The van der Waals surface area contributed by atoms with Gasteiger partial charge in [0.1, 0.15) is 0 Å². The summed E-state index contributed by atoms with van der Waals surface area (Å²) in [6, 6.07) is 13.1. The van der Waals surface area contributed by atoms with E-state index in [0.717, 1.165) is 61.4 Å². The molecule has 0 unspecified atom stereocenters. The number of aliphatic hydroxyl groups is 1. The van der Waals surface area contributed by atoms with Crippen molar-refractivity contribution in [3.05, 3.63) is 71.9 Å². The van der Waals surface area contributed by atoms with E-state index in [1.165, 1.54) is 16.5 Å². The van der Waals surface area contributed by atoms with Crippen molar-refractivity contribution < 1.29 is 5.11 Å². The molecule has 4 heterocycles. The fraction of sp³-hybridized carbons (Fsp3) is 0.346. The molecule has 0 radical (unpaired) electrons. The number of nitrogen functional groups attached to an aromatic ring is 1. The predicted octanol–water partition coefficient (Wildman–Crippen LogP) is 4.10. The maximum absolute atomic E-state index is 9.30. The monoisotopic (exact) mass is 442 g/mol. The van der Waals surface area contributed by atoms with Gasteiger partial charge in [0.15, 0.2) is 0 Å². The average Bonchev–Trinajstić information content (AvgIpc) is 3.43. The summed E-state index contributed by atoms with van der Waals surface area (Å²) < 4.78 is 2.27. The molecule has 33 heavy (non-hydrogen) atoms. The van der Waals surface area contributed by atoms with E-state index in [1.807, 2.05) is 6.92 Å². The highest BCUT2D eigenvalue weighted by Gasteiger charge is 2.28. The second kappa shape index (κ2) is 9.29. The zero-order valence-corrected chi connectivity index (χ0v) is 19.0. The highest BCUT2D eigenvalue weighted by atomic mass is 16.3. The van der Waals surface area contributed by atoms with E-state index in [9.17, 15) is 5.11 Å². The van der Waals surface area contributed by atoms with E-state index < -0.39 is 0 Å². The molecule has 4 aromatic rings. The molecule has 1 aliphatic heterocycles. The number of fused-ring (bicyclic) bond motifs is 1. The van der Waals surface area contributed by atoms with E-state index in [0.29, 0.717) is 0 Å². The smallest absolute Gasteiger partial charge is 0.219 e. The number of aryl methyl sites for hydroxylation is 2. The van der Waals surface area contributed by atoms with Crippen molar-refractivity contribution in [2.45, 2.75) is 45.3 Å². The van der Waals surface area contributed by atoms with Gasteiger partial charge in [0.05, 0.1) is 11.7 Å². The Morgan fingerprint density at radius 3 is 2.76 bits per heavy atom. The number of benzene rings is 1. The molecule has 0 aliphatic carbocycles. The third-order valence-corrected chi connectivity index (χ3v) is 6.49. The second-order valence-electron chi connectivity index (χ2n) is 8.82. The Balaban J connectivity index is 1.44. The number of hydrogen-bond acceptors (Lipinski definition) is 6. The minimum Gasteiger partial charge on any atom is -0.396 e. The summed E-state index contributed by atoms with van der Waals surface area (Å²) in [5.74, 6) is 0.282. The molecule has 0 saturated carbocycles. The average molecular weight is 443 g/mol. The Hall–Kier alpha value is -3.29. The summed E-state index contributed by atoms with van der Waals surface area (Å²) in [5, 5.41) is 10.6. The Morgan fingerprint density at radius 2 is 1.94 bits per heavy atom. The zero-order valence-electron chi connectivity index (χ0n) is 19.0. The lowest BCUT2D eigenvalue weighted by Crippen LogP contribution is -2.23. The molecule has 1 saturated heterocycles. The summed E-state index contributed by atoms with van der Waals surface area (Å²) in [5.41, 5.74) is 12.3. The zero-order chi connectivity index (χ0) is 22.8.